The molecular weight excluding hydrogens is 230 g/mol. The minimum Gasteiger partial charge on any atom is -0.294 e. The van der Waals surface area contributed by atoms with Crippen LogP contribution >= 0.6 is 0 Å². The van der Waals surface area contributed by atoms with E-state index in [1.807, 2.05) is 0 Å². The molecule has 0 aliphatic carbocycles. The quantitative estimate of drug-likeness (QED) is 0.435. The third-order valence-corrected chi connectivity index (χ3v) is 3.39. The average molecular weight is 249 g/mol. The number of Topliss-reactive ketones (excluding diaryl/α,β-unsaturated/α-hetero) is 1. The van der Waals surface area contributed by atoms with Crippen molar-refractivity contribution < 1.29 is 9.72 Å². The van der Waals surface area contributed by atoms with Crippen molar-refractivity contribution in [1.29, 1.82) is 0 Å². The standard InChI is InChI=1S/C14H19NO3/c1-4-14(2,3)10-9-13(16)11-7-5-6-8-12(11)15(17)18/h5-8H,4,9-10H2,1-3H3. The number of carbonyl (C=O) groups excluding carboxylic acids is 1. The molecule has 0 radical (unpaired) electrons. The molecule has 0 spiro atoms. The van der Waals surface area contributed by atoms with Crippen molar-refractivity contribution in [2.75, 3.05) is 0 Å². The summed E-state index contributed by atoms with van der Waals surface area (Å²) in [4.78, 5) is 22.4. The Labute approximate surface area is 107 Å². The predicted octanol–water partition coefficient (Wildman–Crippen LogP) is 3.99. The van der Waals surface area contributed by atoms with Crippen molar-refractivity contribution in [3.8, 4) is 0 Å². The molecule has 0 aliphatic heterocycles. The Kier molecular flexibility index (Phi) is 4.59. The molecule has 0 amide bonds. The third kappa shape index (κ3) is 3.65. The molecule has 0 unspecified atom stereocenters. The van der Waals surface area contributed by atoms with Crippen LogP contribution < -0.4 is 0 Å². The monoisotopic (exact) mass is 249 g/mol. The van der Waals surface area contributed by atoms with Crippen LogP contribution in [-0.2, 0) is 0 Å². The summed E-state index contributed by atoms with van der Waals surface area (Å²) >= 11 is 0. The van der Waals surface area contributed by atoms with Crippen molar-refractivity contribution in [2.45, 2.75) is 40.0 Å². The fourth-order valence-electron chi connectivity index (χ4n) is 1.63. The van der Waals surface area contributed by atoms with Crippen LogP contribution in [0.25, 0.3) is 0 Å². The molecule has 4 heteroatoms. The first-order valence-corrected chi connectivity index (χ1v) is 6.14. The fraction of sp³-hybridized carbons (Fsp3) is 0.500. The van der Waals surface area contributed by atoms with E-state index in [1.54, 1.807) is 12.1 Å². The van der Waals surface area contributed by atoms with E-state index in [-0.39, 0.29) is 22.4 Å². The van der Waals surface area contributed by atoms with Gasteiger partial charge >= 0.3 is 0 Å². The molecule has 0 aromatic heterocycles. The Balaban J connectivity index is 2.82. The van der Waals surface area contributed by atoms with Crippen LogP contribution in [-0.4, -0.2) is 10.7 Å². The molecule has 1 rings (SSSR count). The van der Waals surface area contributed by atoms with Gasteiger partial charge < -0.3 is 0 Å². The van der Waals surface area contributed by atoms with Crippen molar-refractivity contribution in [3.63, 3.8) is 0 Å². The first kappa shape index (κ1) is 14.4. The lowest BCUT2D eigenvalue weighted by molar-refractivity contribution is -0.385. The van der Waals surface area contributed by atoms with E-state index in [9.17, 15) is 14.9 Å². The van der Waals surface area contributed by atoms with E-state index in [4.69, 9.17) is 0 Å². The van der Waals surface area contributed by atoms with Gasteiger partial charge in [-0.15, -0.1) is 0 Å². The third-order valence-electron chi connectivity index (χ3n) is 3.39. The molecule has 0 fully saturated rings. The topological polar surface area (TPSA) is 60.2 Å². The molecule has 0 bridgehead atoms. The predicted molar refractivity (Wildman–Crippen MR) is 70.7 cm³/mol. The number of nitro benzene ring substituents is 1. The maximum atomic E-state index is 12.0. The highest BCUT2D eigenvalue weighted by Gasteiger charge is 2.22. The van der Waals surface area contributed by atoms with Crippen LogP contribution in [0.4, 0.5) is 5.69 Å². The van der Waals surface area contributed by atoms with E-state index in [1.165, 1.54) is 12.1 Å². The number of rotatable bonds is 6. The van der Waals surface area contributed by atoms with Crippen molar-refractivity contribution in [3.05, 3.63) is 39.9 Å². The number of benzene rings is 1. The molecule has 1 aromatic rings. The SMILES string of the molecule is CCC(C)(C)CCC(=O)c1ccccc1[N+](=O)[O-]. The van der Waals surface area contributed by atoms with Gasteiger partial charge in [0.25, 0.3) is 5.69 Å². The van der Waals surface area contributed by atoms with Gasteiger partial charge in [-0.1, -0.05) is 39.3 Å². The molecule has 0 aliphatic rings. The number of para-hydroxylation sites is 1. The Morgan fingerprint density at radius 2 is 1.94 bits per heavy atom. The largest absolute Gasteiger partial charge is 0.294 e. The number of carbonyl (C=O) groups is 1. The lowest BCUT2D eigenvalue weighted by Crippen LogP contribution is -2.13. The molecule has 0 heterocycles. The highest BCUT2D eigenvalue weighted by Crippen LogP contribution is 2.28. The van der Waals surface area contributed by atoms with Crippen LogP contribution in [0, 0.1) is 15.5 Å². The van der Waals surface area contributed by atoms with Gasteiger partial charge in [-0.2, -0.15) is 0 Å². The van der Waals surface area contributed by atoms with Gasteiger partial charge in [0.15, 0.2) is 5.78 Å². The smallest absolute Gasteiger partial charge is 0.280 e. The summed E-state index contributed by atoms with van der Waals surface area (Å²) in [5, 5.41) is 10.8. The second kappa shape index (κ2) is 5.76. The molecule has 98 valence electrons. The van der Waals surface area contributed by atoms with E-state index in [2.05, 4.69) is 20.8 Å². The first-order valence-electron chi connectivity index (χ1n) is 6.14. The highest BCUT2D eigenvalue weighted by atomic mass is 16.6. The molecule has 0 N–H and O–H groups in total. The van der Waals surface area contributed by atoms with Gasteiger partial charge in [-0.25, -0.2) is 0 Å². The fourth-order valence-corrected chi connectivity index (χ4v) is 1.63. The lowest BCUT2D eigenvalue weighted by Gasteiger charge is -2.21. The number of hydrogen-bond donors (Lipinski definition) is 0. The molecule has 18 heavy (non-hydrogen) atoms. The van der Waals surface area contributed by atoms with Gasteiger partial charge in [-0.3, -0.25) is 14.9 Å². The van der Waals surface area contributed by atoms with Gasteiger partial charge in [-0.05, 0) is 17.9 Å². The van der Waals surface area contributed by atoms with Crippen LogP contribution in [0.15, 0.2) is 24.3 Å². The van der Waals surface area contributed by atoms with Crippen LogP contribution in [0.1, 0.15) is 50.4 Å². The van der Waals surface area contributed by atoms with E-state index in [0.717, 1.165) is 12.8 Å². The number of ketones is 1. The second-order valence-corrected chi connectivity index (χ2v) is 5.22. The normalized spacial score (nSPS) is 11.3. The van der Waals surface area contributed by atoms with Crippen molar-refractivity contribution in [1.82, 2.24) is 0 Å². The molecule has 0 saturated heterocycles. The highest BCUT2D eigenvalue weighted by molar-refractivity contribution is 5.99. The molecular formula is C14H19NO3. The molecule has 0 saturated carbocycles. The Morgan fingerprint density at radius 1 is 1.33 bits per heavy atom. The maximum Gasteiger partial charge on any atom is 0.280 e. The van der Waals surface area contributed by atoms with Crippen LogP contribution in [0.5, 0.6) is 0 Å². The summed E-state index contributed by atoms with van der Waals surface area (Å²) in [7, 11) is 0. The zero-order valence-corrected chi connectivity index (χ0v) is 11.1. The summed E-state index contributed by atoms with van der Waals surface area (Å²) < 4.78 is 0. The zero-order chi connectivity index (χ0) is 13.8. The minimum absolute atomic E-state index is 0.0964. The number of nitrogens with zero attached hydrogens (tertiary/aromatic N) is 1. The van der Waals surface area contributed by atoms with E-state index in [0.29, 0.717) is 6.42 Å². The minimum atomic E-state index is -0.502. The van der Waals surface area contributed by atoms with E-state index >= 15 is 0 Å². The summed E-state index contributed by atoms with van der Waals surface area (Å²) in [6, 6.07) is 6.13. The number of nitro groups is 1. The lowest BCUT2D eigenvalue weighted by atomic mass is 9.84. The summed E-state index contributed by atoms with van der Waals surface area (Å²) in [5.74, 6) is -0.149. The average Bonchev–Trinajstić information content (AvgIpc) is 2.36. The van der Waals surface area contributed by atoms with Gasteiger partial charge in [0, 0.05) is 12.5 Å². The first-order chi connectivity index (χ1) is 8.37. The molecule has 0 atom stereocenters. The Bertz CT molecular complexity index is 452. The second-order valence-electron chi connectivity index (χ2n) is 5.22. The van der Waals surface area contributed by atoms with Crippen molar-refractivity contribution >= 4 is 11.5 Å². The zero-order valence-electron chi connectivity index (χ0n) is 11.1. The van der Waals surface area contributed by atoms with E-state index < -0.39 is 4.92 Å². The van der Waals surface area contributed by atoms with Crippen LogP contribution in [0.2, 0.25) is 0 Å². The Hall–Kier alpha value is -1.71. The summed E-state index contributed by atoms with van der Waals surface area (Å²) in [6.45, 7) is 6.27. The molecule has 1 aromatic carbocycles. The summed E-state index contributed by atoms with van der Waals surface area (Å²) in [5.41, 5.74) is 0.213. The molecule has 4 nitrogen and oxygen atoms in total. The van der Waals surface area contributed by atoms with Gasteiger partial charge in [0.2, 0.25) is 0 Å². The maximum absolute atomic E-state index is 12.0. The van der Waals surface area contributed by atoms with Crippen molar-refractivity contribution in [2.24, 2.45) is 5.41 Å². The van der Waals surface area contributed by atoms with Gasteiger partial charge in [0.05, 0.1) is 10.5 Å². The summed E-state index contributed by atoms with van der Waals surface area (Å²) in [6.07, 6.45) is 2.08. The number of hydrogen-bond acceptors (Lipinski definition) is 3. The van der Waals surface area contributed by atoms with Crippen LogP contribution in [0.3, 0.4) is 0 Å². The Morgan fingerprint density at radius 3 is 2.50 bits per heavy atom. The van der Waals surface area contributed by atoms with Gasteiger partial charge in [0.1, 0.15) is 0 Å².